The van der Waals surface area contributed by atoms with E-state index in [1.54, 1.807) is 0 Å². The molecule has 7 nitrogen and oxygen atoms in total. The molecule has 2 N–H and O–H groups in total. The van der Waals surface area contributed by atoms with Crippen LogP contribution in [0.15, 0.2) is 18.2 Å². The number of hydrogen-bond acceptors (Lipinski definition) is 5. The van der Waals surface area contributed by atoms with Gasteiger partial charge in [0.15, 0.2) is 6.61 Å². The summed E-state index contributed by atoms with van der Waals surface area (Å²) in [4.78, 5) is 36.6. The third-order valence-electron chi connectivity index (χ3n) is 3.90. The van der Waals surface area contributed by atoms with Crippen LogP contribution in [-0.2, 0) is 14.3 Å². The fourth-order valence-electron chi connectivity index (χ4n) is 2.52. The van der Waals surface area contributed by atoms with Crippen LogP contribution in [-0.4, -0.2) is 49.5 Å². The van der Waals surface area contributed by atoms with Gasteiger partial charge in [0.1, 0.15) is 11.6 Å². The summed E-state index contributed by atoms with van der Waals surface area (Å²) in [7, 11) is 1.38. The Bertz CT molecular complexity index is 649. The second-order valence-electron chi connectivity index (χ2n) is 5.50. The van der Waals surface area contributed by atoms with Gasteiger partial charge in [-0.3, -0.25) is 9.59 Å². The first-order valence-corrected chi connectivity index (χ1v) is 7.50. The normalized spacial score (nSPS) is 17.2. The molecule has 130 valence electrons. The van der Waals surface area contributed by atoms with E-state index in [9.17, 15) is 18.8 Å². The van der Waals surface area contributed by atoms with Gasteiger partial charge in [-0.15, -0.1) is 0 Å². The van der Waals surface area contributed by atoms with Crippen molar-refractivity contribution in [2.24, 2.45) is 11.7 Å². The molecule has 0 spiro atoms. The van der Waals surface area contributed by atoms with Crippen molar-refractivity contribution in [2.45, 2.75) is 12.8 Å². The minimum absolute atomic E-state index is 0.211. The Morgan fingerprint density at radius 1 is 1.38 bits per heavy atom. The first-order valence-electron chi connectivity index (χ1n) is 7.50. The molecule has 2 amide bonds. The molecule has 0 saturated carbocycles. The van der Waals surface area contributed by atoms with Gasteiger partial charge < -0.3 is 20.1 Å². The summed E-state index contributed by atoms with van der Waals surface area (Å²) in [6.07, 6.45) is 1.29. The van der Waals surface area contributed by atoms with Crippen LogP contribution in [0.4, 0.5) is 4.39 Å². The number of primary amides is 1. The number of benzene rings is 1. The second kappa shape index (κ2) is 7.76. The number of halogens is 1. The van der Waals surface area contributed by atoms with Crippen LogP contribution in [0.2, 0.25) is 0 Å². The van der Waals surface area contributed by atoms with Crippen molar-refractivity contribution in [1.29, 1.82) is 0 Å². The Hall–Kier alpha value is -2.64. The SMILES string of the molecule is COc1ccc(C(=O)OCC(=O)N2CCC[C@@H](C(N)=O)C2)c(F)c1. The lowest BCUT2D eigenvalue weighted by Gasteiger charge is -2.31. The van der Waals surface area contributed by atoms with Gasteiger partial charge in [0.05, 0.1) is 18.6 Å². The molecule has 1 saturated heterocycles. The standard InChI is InChI=1S/C16H19FN2O5/c1-23-11-4-5-12(13(17)7-11)16(22)24-9-14(20)19-6-2-3-10(8-19)15(18)21/h4-5,7,10H,2-3,6,8-9H2,1H3,(H2,18,21)/t10-/m1/s1. The van der Waals surface area contributed by atoms with Crippen LogP contribution in [0.5, 0.6) is 5.75 Å². The fraction of sp³-hybridized carbons (Fsp3) is 0.438. The molecule has 0 unspecified atom stereocenters. The molecular formula is C16H19FN2O5. The highest BCUT2D eigenvalue weighted by Crippen LogP contribution is 2.18. The predicted octanol–water partition coefficient (Wildman–Crippen LogP) is 0.715. The molecule has 2 rings (SSSR count). The third-order valence-corrected chi connectivity index (χ3v) is 3.90. The van der Waals surface area contributed by atoms with E-state index in [1.165, 1.54) is 24.1 Å². The lowest BCUT2D eigenvalue weighted by Crippen LogP contribution is -2.45. The lowest BCUT2D eigenvalue weighted by molar-refractivity contribution is -0.137. The Morgan fingerprint density at radius 3 is 2.75 bits per heavy atom. The highest BCUT2D eigenvalue weighted by Gasteiger charge is 2.27. The Kier molecular flexibility index (Phi) is 5.73. The molecule has 1 heterocycles. The largest absolute Gasteiger partial charge is 0.497 e. The number of nitrogens with two attached hydrogens (primary N) is 1. The zero-order valence-electron chi connectivity index (χ0n) is 13.3. The van der Waals surface area contributed by atoms with Crippen LogP contribution in [0.1, 0.15) is 23.2 Å². The van der Waals surface area contributed by atoms with Crippen molar-refractivity contribution in [3.63, 3.8) is 0 Å². The van der Waals surface area contributed by atoms with Gasteiger partial charge in [-0.1, -0.05) is 0 Å². The van der Waals surface area contributed by atoms with Crippen molar-refractivity contribution in [3.8, 4) is 5.75 Å². The molecule has 1 aromatic rings. The highest BCUT2D eigenvalue weighted by atomic mass is 19.1. The number of amides is 2. The van der Waals surface area contributed by atoms with E-state index in [1.807, 2.05) is 0 Å². The van der Waals surface area contributed by atoms with Crippen molar-refractivity contribution in [2.75, 3.05) is 26.8 Å². The van der Waals surface area contributed by atoms with Crippen LogP contribution >= 0.6 is 0 Å². The predicted molar refractivity (Wildman–Crippen MR) is 81.7 cm³/mol. The number of hydrogen-bond donors (Lipinski definition) is 1. The number of methoxy groups -OCH3 is 1. The fourth-order valence-corrected chi connectivity index (χ4v) is 2.52. The molecule has 0 aromatic heterocycles. The summed E-state index contributed by atoms with van der Waals surface area (Å²) in [5.41, 5.74) is 4.97. The number of esters is 1. The summed E-state index contributed by atoms with van der Waals surface area (Å²) in [5.74, 6) is -2.75. The molecule has 0 radical (unpaired) electrons. The number of carbonyl (C=O) groups is 3. The van der Waals surface area contributed by atoms with Crippen molar-refractivity contribution in [1.82, 2.24) is 4.90 Å². The minimum Gasteiger partial charge on any atom is -0.497 e. The van der Waals surface area contributed by atoms with E-state index in [0.29, 0.717) is 19.4 Å². The molecule has 8 heteroatoms. The van der Waals surface area contributed by atoms with Gasteiger partial charge in [-0.2, -0.15) is 0 Å². The number of ether oxygens (including phenoxy) is 2. The maximum atomic E-state index is 13.8. The van der Waals surface area contributed by atoms with Gasteiger partial charge in [0.25, 0.3) is 5.91 Å². The number of rotatable bonds is 5. The lowest BCUT2D eigenvalue weighted by atomic mass is 9.97. The Morgan fingerprint density at radius 2 is 2.12 bits per heavy atom. The quantitative estimate of drug-likeness (QED) is 0.798. The highest BCUT2D eigenvalue weighted by molar-refractivity contribution is 5.91. The van der Waals surface area contributed by atoms with E-state index in [2.05, 4.69) is 0 Å². The van der Waals surface area contributed by atoms with E-state index >= 15 is 0 Å². The summed E-state index contributed by atoms with van der Waals surface area (Å²) >= 11 is 0. The smallest absolute Gasteiger partial charge is 0.341 e. The summed E-state index contributed by atoms with van der Waals surface area (Å²) in [6.45, 7) is 0.162. The van der Waals surface area contributed by atoms with Crippen molar-refractivity contribution in [3.05, 3.63) is 29.6 Å². The number of carbonyl (C=O) groups excluding carboxylic acids is 3. The third kappa shape index (κ3) is 4.21. The maximum Gasteiger partial charge on any atom is 0.341 e. The van der Waals surface area contributed by atoms with Crippen LogP contribution in [0.25, 0.3) is 0 Å². The van der Waals surface area contributed by atoms with Gasteiger partial charge in [0, 0.05) is 19.2 Å². The topological polar surface area (TPSA) is 98.9 Å². The zero-order valence-corrected chi connectivity index (χ0v) is 13.3. The molecule has 24 heavy (non-hydrogen) atoms. The molecular weight excluding hydrogens is 319 g/mol. The zero-order chi connectivity index (χ0) is 17.7. The summed E-state index contributed by atoms with van der Waals surface area (Å²) in [6, 6.07) is 3.70. The Labute approximate surface area is 138 Å². The van der Waals surface area contributed by atoms with Crippen molar-refractivity contribution >= 4 is 17.8 Å². The van der Waals surface area contributed by atoms with Crippen LogP contribution in [0, 0.1) is 11.7 Å². The molecule has 1 aliphatic rings. The van der Waals surface area contributed by atoms with E-state index < -0.39 is 36.1 Å². The van der Waals surface area contributed by atoms with Gasteiger partial charge in [0.2, 0.25) is 5.91 Å². The number of nitrogens with zero attached hydrogens (tertiary/aromatic N) is 1. The minimum atomic E-state index is -0.938. The van der Waals surface area contributed by atoms with E-state index in [-0.39, 0.29) is 17.9 Å². The van der Waals surface area contributed by atoms with Crippen LogP contribution < -0.4 is 10.5 Å². The molecule has 1 aliphatic heterocycles. The maximum absolute atomic E-state index is 13.8. The van der Waals surface area contributed by atoms with E-state index in [4.69, 9.17) is 15.2 Å². The molecule has 1 atom stereocenters. The number of piperidine rings is 1. The summed E-state index contributed by atoms with van der Waals surface area (Å²) < 4.78 is 23.5. The van der Waals surface area contributed by atoms with Gasteiger partial charge in [-0.05, 0) is 25.0 Å². The van der Waals surface area contributed by atoms with Gasteiger partial charge >= 0.3 is 5.97 Å². The first kappa shape index (κ1) is 17.7. The van der Waals surface area contributed by atoms with Gasteiger partial charge in [-0.25, -0.2) is 9.18 Å². The Balaban J connectivity index is 1.91. The van der Waals surface area contributed by atoms with Crippen molar-refractivity contribution < 1.29 is 28.2 Å². The molecule has 0 aliphatic carbocycles. The first-order chi connectivity index (χ1) is 11.4. The average Bonchev–Trinajstić information content (AvgIpc) is 2.59. The molecule has 1 fully saturated rings. The average molecular weight is 338 g/mol. The van der Waals surface area contributed by atoms with E-state index in [0.717, 1.165) is 6.07 Å². The van der Waals surface area contributed by atoms with Crippen LogP contribution in [0.3, 0.4) is 0 Å². The number of likely N-dealkylation sites (tertiary alicyclic amines) is 1. The molecule has 1 aromatic carbocycles. The second-order valence-corrected chi connectivity index (χ2v) is 5.50. The monoisotopic (exact) mass is 338 g/mol. The molecule has 0 bridgehead atoms. The summed E-state index contributed by atoms with van der Waals surface area (Å²) in [5, 5.41) is 0.